The Kier molecular flexibility index (Phi) is 4.81. The summed E-state index contributed by atoms with van der Waals surface area (Å²) in [5.41, 5.74) is 9.54. The van der Waals surface area contributed by atoms with E-state index >= 15 is 0 Å². The Bertz CT molecular complexity index is 933. The highest BCUT2D eigenvalue weighted by Gasteiger charge is 2.12. The molecule has 6 heteroatoms. The number of hydrogen-bond donors (Lipinski definition) is 2. The van der Waals surface area contributed by atoms with Crippen LogP contribution in [0.3, 0.4) is 0 Å². The van der Waals surface area contributed by atoms with Crippen LogP contribution in [0, 0.1) is 12.7 Å². The summed E-state index contributed by atoms with van der Waals surface area (Å²) in [4.78, 5) is 16.4. The molecule has 1 heterocycles. The third kappa shape index (κ3) is 3.53. The monoisotopic (exact) mass is 340 g/mol. The lowest BCUT2D eigenvalue weighted by atomic mass is 10.1. The molecule has 0 unspecified atom stereocenters. The highest BCUT2D eigenvalue weighted by molar-refractivity contribution is 5.92. The zero-order valence-electron chi connectivity index (χ0n) is 14.3. The number of nitrogens with zero attached hydrogens (tertiary/aromatic N) is 2. The maximum atomic E-state index is 13.4. The lowest BCUT2D eigenvalue weighted by Gasteiger charge is -2.10. The summed E-state index contributed by atoms with van der Waals surface area (Å²) >= 11 is 0. The van der Waals surface area contributed by atoms with E-state index in [9.17, 15) is 9.18 Å². The smallest absolute Gasteiger partial charge is 0.224 e. The molecule has 0 aliphatic rings. The van der Waals surface area contributed by atoms with Crippen LogP contribution >= 0.6 is 0 Å². The number of nitrogens with two attached hydrogens (primary N) is 1. The first-order valence-corrected chi connectivity index (χ1v) is 8.22. The number of aryl methyl sites for hydroxylation is 2. The van der Waals surface area contributed by atoms with E-state index in [-0.39, 0.29) is 11.7 Å². The molecule has 25 heavy (non-hydrogen) atoms. The molecule has 3 aromatic rings. The minimum Gasteiger partial charge on any atom is -0.330 e. The van der Waals surface area contributed by atoms with E-state index in [0.29, 0.717) is 24.9 Å². The number of halogens is 1. The summed E-state index contributed by atoms with van der Waals surface area (Å²) < 4.78 is 15.3. The second-order valence-corrected chi connectivity index (χ2v) is 6.10. The molecule has 0 spiro atoms. The number of nitrogens with one attached hydrogen (secondary N) is 1. The topological polar surface area (TPSA) is 72.9 Å². The maximum Gasteiger partial charge on any atom is 0.224 e. The van der Waals surface area contributed by atoms with Gasteiger partial charge in [-0.2, -0.15) is 0 Å². The number of hydrogen-bond acceptors (Lipinski definition) is 3. The fraction of sp³-hybridized carbons (Fsp3) is 0.263. The normalized spacial score (nSPS) is 11.0. The van der Waals surface area contributed by atoms with Crippen LogP contribution in [0.4, 0.5) is 10.1 Å². The standard InChI is InChI=1S/C19H21FN4O/c1-12-10-13(5-7-15(12)22-18(25)4-3-9-21)19-23-16-11-14(20)6-8-17(16)24(19)2/h5-8,10-11H,3-4,9,21H2,1-2H3,(H,22,25). The highest BCUT2D eigenvalue weighted by Crippen LogP contribution is 2.27. The first-order chi connectivity index (χ1) is 12.0. The van der Waals surface area contributed by atoms with E-state index in [1.165, 1.54) is 12.1 Å². The summed E-state index contributed by atoms with van der Waals surface area (Å²) in [6, 6.07) is 10.3. The van der Waals surface area contributed by atoms with Crippen molar-refractivity contribution in [2.24, 2.45) is 12.8 Å². The molecule has 0 aliphatic heterocycles. The Morgan fingerprint density at radius 3 is 2.80 bits per heavy atom. The Labute approximate surface area is 145 Å². The number of carbonyl (C=O) groups is 1. The average molecular weight is 340 g/mol. The van der Waals surface area contributed by atoms with Gasteiger partial charge in [0.05, 0.1) is 11.0 Å². The molecular weight excluding hydrogens is 319 g/mol. The molecule has 0 aliphatic carbocycles. The molecule has 0 bridgehead atoms. The molecule has 130 valence electrons. The minimum absolute atomic E-state index is 0.0421. The van der Waals surface area contributed by atoms with E-state index < -0.39 is 0 Å². The molecule has 3 N–H and O–H groups in total. The van der Waals surface area contributed by atoms with Crippen LogP contribution in [0.15, 0.2) is 36.4 Å². The van der Waals surface area contributed by atoms with Gasteiger partial charge in [0, 0.05) is 30.8 Å². The van der Waals surface area contributed by atoms with E-state index in [1.54, 1.807) is 6.07 Å². The van der Waals surface area contributed by atoms with Crippen molar-refractivity contribution in [1.82, 2.24) is 9.55 Å². The minimum atomic E-state index is -0.302. The summed E-state index contributed by atoms with van der Waals surface area (Å²) in [6.07, 6.45) is 1.08. The number of imidazole rings is 1. The van der Waals surface area contributed by atoms with Crippen molar-refractivity contribution in [3.63, 3.8) is 0 Å². The molecule has 2 aromatic carbocycles. The number of anilines is 1. The molecule has 1 amide bonds. The Balaban J connectivity index is 1.90. The highest BCUT2D eigenvalue weighted by atomic mass is 19.1. The summed E-state index contributed by atoms with van der Waals surface area (Å²) in [7, 11) is 1.90. The van der Waals surface area contributed by atoms with Crippen molar-refractivity contribution in [2.75, 3.05) is 11.9 Å². The average Bonchev–Trinajstić information content (AvgIpc) is 2.91. The Morgan fingerprint density at radius 2 is 2.08 bits per heavy atom. The van der Waals surface area contributed by atoms with Crippen molar-refractivity contribution in [2.45, 2.75) is 19.8 Å². The van der Waals surface area contributed by atoms with Gasteiger partial charge in [-0.1, -0.05) is 0 Å². The molecule has 1 aromatic heterocycles. The van der Waals surface area contributed by atoms with E-state index in [2.05, 4.69) is 10.3 Å². The number of carbonyl (C=O) groups excluding carboxylic acids is 1. The second-order valence-electron chi connectivity index (χ2n) is 6.10. The van der Waals surface area contributed by atoms with Gasteiger partial charge in [0.1, 0.15) is 11.6 Å². The third-order valence-electron chi connectivity index (χ3n) is 4.21. The molecule has 3 rings (SSSR count). The molecule has 0 saturated heterocycles. The predicted molar refractivity (Wildman–Crippen MR) is 97.8 cm³/mol. The van der Waals surface area contributed by atoms with Crippen molar-refractivity contribution in [3.05, 3.63) is 47.8 Å². The molecular formula is C19H21FN4O. The SMILES string of the molecule is Cc1cc(-c2nc3cc(F)ccc3n2C)ccc1NC(=O)CCCN. The molecule has 0 radical (unpaired) electrons. The number of amides is 1. The third-order valence-corrected chi connectivity index (χ3v) is 4.21. The van der Waals surface area contributed by atoms with Gasteiger partial charge in [0.25, 0.3) is 0 Å². The van der Waals surface area contributed by atoms with Gasteiger partial charge in [-0.25, -0.2) is 9.37 Å². The van der Waals surface area contributed by atoms with Crippen molar-refractivity contribution in [1.29, 1.82) is 0 Å². The number of rotatable bonds is 5. The molecule has 0 atom stereocenters. The van der Waals surface area contributed by atoms with Crippen LogP contribution in [0.1, 0.15) is 18.4 Å². The lowest BCUT2D eigenvalue weighted by molar-refractivity contribution is -0.116. The van der Waals surface area contributed by atoms with Crippen LogP contribution in [0.25, 0.3) is 22.4 Å². The summed E-state index contributed by atoms with van der Waals surface area (Å²) in [6.45, 7) is 2.43. The first-order valence-electron chi connectivity index (χ1n) is 8.22. The van der Waals surface area contributed by atoms with Crippen molar-refractivity contribution in [3.8, 4) is 11.4 Å². The van der Waals surface area contributed by atoms with Gasteiger partial charge in [-0.3, -0.25) is 4.79 Å². The number of benzene rings is 2. The van der Waals surface area contributed by atoms with Gasteiger partial charge < -0.3 is 15.6 Å². The second kappa shape index (κ2) is 7.03. The fourth-order valence-electron chi connectivity index (χ4n) is 2.85. The van der Waals surface area contributed by atoms with Crippen LogP contribution in [0.5, 0.6) is 0 Å². The zero-order chi connectivity index (χ0) is 18.0. The summed E-state index contributed by atoms with van der Waals surface area (Å²) in [5.74, 6) is 0.410. The number of fused-ring (bicyclic) bond motifs is 1. The van der Waals surface area contributed by atoms with Gasteiger partial charge in [-0.05, 0) is 55.8 Å². The van der Waals surface area contributed by atoms with Gasteiger partial charge >= 0.3 is 0 Å². The van der Waals surface area contributed by atoms with E-state index in [4.69, 9.17) is 5.73 Å². The fourth-order valence-corrected chi connectivity index (χ4v) is 2.85. The van der Waals surface area contributed by atoms with Crippen LogP contribution in [-0.2, 0) is 11.8 Å². The zero-order valence-corrected chi connectivity index (χ0v) is 14.3. The van der Waals surface area contributed by atoms with Crippen molar-refractivity contribution < 1.29 is 9.18 Å². The van der Waals surface area contributed by atoms with E-state index in [1.807, 2.05) is 36.7 Å². The Hall–Kier alpha value is -2.73. The van der Waals surface area contributed by atoms with Crippen LogP contribution in [-0.4, -0.2) is 22.0 Å². The Morgan fingerprint density at radius 1 is 1.28 bits per heavy atom. The maximum absolute atomic E-state index is 13.4. The number of aromatic nitrogens is 2. The van der Waals surface area contributed by atoms with Crippen LogP contribution in [0.2, 0.25) is 0 Å². The lowest BCUT2D eigenvalue weighted by Crippen LogP contribution is -2.14. The van der Waals surface area contributed by atoms with Gasteiger partial charge in [0.2, 0.25) is 5.91 Å². The van der Waals surface area contributed by atoms with E-state index in [0.717, 1.165) is 28.2 Å². The first kappa shape index (κ1) is 17.1. The van der Waals surface area contributed by atoms with Crippen molar-refractivity contribution >= 4 is 22.6 Å². The molecule has 0 fully saturated rings. The van der Waals surface area contributed by atoms with Gasteiger partial charge in [-0.15, -0.1) is 0 Å². The van der Waals surface area contributed by atoms with Gasteiger partial charge in [0.15, 0.2) is 0 Å². The van der Waals surface area contributed by atoms with Crippen LogP contribution < -0.4 is 11.1 Å². The predicted octanol–water partition coefficient (Wildman–Crippen LogP) is 3.37. The molecule has 0 saturated carbocycles. The largest absolute Gasteiger partial charge is 0.330 e. The summed E-state index contributed by atoms with van der Waals surface area (Å²) in [5, 5.41) is 2.90. The molecule has 5 nitrogen and oxygen atoms in total. The quantitative estimate of drug-likeness (QED) is 0.748.